The second-order valence-electron chi connectivity index (χ2n) is 9.71. The van der Waals surface area contributed by atoms with Crippen LogP contribution in [0.25, 0.3) is 0 Å². The van der Waals surface area contributed by atoms with Crippen molar-refractivity contribution in [2.75, 3.05) is 27.8 Å². The molecule has 238 valence electrons. The summed E-state index contributed by atoms with van der Waals surface area (Å²) in [5.74, 6) is 5.41. The van der Waals surface area contributed by atoms with Gasteiger partial charge in [-0.25, -0.2) is 15.8 Å². The maximum absolute atomic E-state index is 12.7. The predicted octanol–water partition coefficient (Wildman–Crippen LogP) is 3.83. The van der Waals surface area contributed by atoms with Crippen LogP contribution in [0, 0.1) is 21.4 Å². The van der Waals surface area contributed by atoms with Crippen LogP contribution in [0.1, 0.15) is 29.3 Å². The molecular weight excluding hydrogens is 600 g/mol. The van der Waals surface area contributed by atoms with E-state index < -0.39 is 41.2 Å². The van der Waals surface area contributed by atoms with Crippen LogP contribution in [-0.2, 0) is 9.53 Å². The Kier molecular flexibility index (Phi) is 10.4. The number of nitrogens with zero attached hydrogens (tertiary/aromatic N) is 5. The Morgan fingerprint density at radius 2 is 1.76 bits per heavy atom. The average molecular weight is 631 g/mol. The van der Waals surface area contributed by atoms with E-state index in [4.69, 9.17) is 29.5 Å². The summed E-state index contributed by atoms with van der Waals surface area (Å²) in [5.41, 5.74) is -0.742. The molecule has 4 rings (SSSR count). The van der Waals surface area contributed by atoms with Crippen molar-refractivity contribution in [2.24, 2.45) is 10.8 Å². The maximum atomic E-state index is 12.7. The van der Waals surface area contributed by atoms with E-state index in [-0.39, 0.29) is 46.4 Å². The molecule has 0 saturated heterocycles. The molecule has 15 nitrogen and oxygen atoms in total. The summed E-state index contributed by atoms with van der Waals surface area (Å²) in [5, 5.41) is 22.7. The number of ether oxygens (including phenoxy) is 5. The summed E-state index contributed by atoms with van der Waals surface area (Å²) < 4.78 is 28.3. The van der Waals surface area contributed by atoms with E-state index in [2.05, 4.69) is 4.99 Å². The highest BCUT2D eigenvalue weighted by atomic mass is 16.6. The Morgan fingerprint density at radius 3 is 2.39 bits per heavy atom. The number of carbonyl (C=O) groups is 2. The SMILES string of the molecule is CCOC(=O)CC1=NC(Oc2cc(C#N)ccc2Oc2ccccc2)N(N)C(Oc2cc(OC)cc(C(=O)N(C)C)c2)=C1[N+](=O)[O-]. The molecule has 1 amide bonds. The highest BCUT2D eigenvalue weighted by Crippen LogP contribution is 2.36. The number of methoxy groups -OCH3 is 1. The minimum absolute atomic E-state index is 0.00624. The number of allylic oxidation sites excluding steroid dienone is 1. The van der Waals surface area contributed by atoms with Gasteiger partial charge in [-0.1, -0.05) is 18.2 Å². The smallest absolute Gasteiger partial charge is 0.352 e. The molecule has 15 heteroatoms. The van der Waals surface area contributed by atoms with Crippen molar-refractivity contribution in [1.82, 2.24) is 9.91 Å². The third-order valence-corrected chi connectivity index (χ3v) is 6.27. The molecule has 46 heavy (non-hydrogen) atoms. The Balaban J connectivity index is 1.81. The first-order chi connectivity index (χ1) is 22.0. The monoisotopic (exact) mass is 630 g/mol. The van der Waals surface area contributed by atoms with Crippen molar-refractivity contribution in [1.29, 1.82) is 5.26 Å². The van der Waals surface area contributed by atoms with E-state index >= 15 is 0 Å². The van der Waals surface area contributed by atoms with Gasteiger partial charge in [0.2, 0.25) is 0 Å². The van der Waals surface area contributed by atoms with Crippen molar-refractivity contribution < 1.29 is 38.2 Å². The molecule has 0 radical (unpaired) electrons. The molecule has 0 aliphatic carbocycles. The van der Waals surface area contributed by atoms with Crippen molar-refractivity contribution in [3.8, 4) is 34.8 Å². The molecule has 3 aromatic carbocycles. The maximum Gasteiger partial charge on any atom is 0.352 e. The number of hydrogen-bond acceptors (Lipinski definition) is 13. The standard InChI is InChI=1S/C31H30N6O9/c1-5-43-27(38)17-24-28(37(40)41)30(45-23-15-20(29(39)35(2)3)14-22(16-23)42-4)36(33)31(34-24)46-26-13-19(18-32)11-12-25(26)44-21-9-7-6-8-10-21/h6-16,31H,5,17,33H2,1-4H3. The van der Waals surface area contributed by atoms with Gasteiger partial charge < -0.3 is 28.6 Å². The van der Waals surface area contributed by atoms with E-state index in [1.165, 1.54) is 48.4 Å². The number of benzene rings is 3. The van der Waals surface area contributed by atoms with E-state index in [1.807, 2.05) is 6.07 Å². The van der Waals surface area contributed by atoms with E-state index in [0.717, 1.165) is 5.01 Å². The molecule has 0 bridgehead atoms. The largest absolute Gasteiger partial charge is 0.497 e. The Morgan fingerprint density at radius 1 is 1.04 bits per heavy atom. The summed E-state index contributed by atoms with van der Waals surface area (Å²) in [4.78, 5) is 42.4. The number of rotatable bonds is 12. The molecule has 1 unspecified atom stereocenters. The van der Waals surface area contributed by atoms with Gasteiger partial charge in [0.25, 0.3) is 18.1 Å². The molecule has 1 atom stereocenters. The van der Waals surface area contributed by atoms with Crippen LogP contribution >= 0.6 is 0 Å². The lowest BCUT2D eigenvalue weighted by molar-refractivity contribution is -0.420. The zero-order valence-corrected chi connectivity index (χ0v) is 25.3. The molecule has 1 heterocycles. The topological polar surface area (TPSA) is 192 Å². The number of nitriles is 1. The zero-order valence-electron chi connectivity index (χ0n) is 25.3. The number of nitro groups is 1. The van der Waals surface area contributed by atoms with Crippen LogP contribution in [-0.4, -0.2) is 66.6 Å². The van der Waals surface area contributed by atoms with E-state index in [9.17, 15) is 25.0 Å². The van der Waals surface area contributed by atoms with Crippen molar-refractivity contribution in [2.45, 2.75) is 19.7 Å². The van der Waals surface area contributed by atoms with Gasteiger partial charge in [0, 0.05) is 31.8 Å². The van der Waals surface area contributed by atoms with Gasteiger partial charge in [0.15, 0.2) is 11.5 Å². The number of esters is 1. The molecule has 1 aliphatic heterocycles. The Hall–Kier alpha value is -6.14. The molecule has 0 fully saturated rings. The number of hydrogen-bond donors (Lipinski definition) is 1. The Labute approximate surface area is 263 Å². The lowest BCUT2D eigenvalue weighted by Crippen LogP contribution is -2.49. The number of carbonyl (C=O) groups excluding carboxylic acids is 2. The average Bonchev–Trinajstić information content (AvgIpc) is 3.03. The molecule has 0 saturated carbocycles. The van der Waals surface area contributed by atoms with Gasteiger partial charge in [0.1, 0.15) is 23.0 Å². The minimum Gasteiger partial charge on any atom is -0.497 e. The summed E-state index contributed by atoms with van der Waals surface area (Å²) in [7, 11) is 4.48. The van der Waals surface area contributed by atoms with Gasteiger partial charge in [0.05, 0.1) is 36.7 Å². The number of nitrogens with two attached hydrogens (primary N) is 1. The first-order valence-corrected chi connectivity index (χ1v) is 13.7. The first-order valence-electron chi connectivity index (χ1n) is 13.7. The minimum atomic E-state index is -1.57. The van der Waals surface area contributed by atoms with Gasteiger partial charge in [-0.3, -0.25) is 19.7 Å². The van der Waals surface area contributed by atoms with Crippen molar-refractivity contribution in [3.63, 3.8) is 0 Å². The fourth-order valence-electron chi connectivity index (χ4n) is 4.17. The number of amides is 1. The fraction of sp³-hybridized carbons (Fsp3) is 0.226. The third kappa shape index (κ3) is 7.68. The molecule has 0 spiro atoms. The normalized spacial score (nSPS) is 14.0. The van der Waals surface area contributed by atoms with Gasteiger partial charge in [-0.05, 0) is 43.3 Å². The lowest BCUT2D eigenvalue weighted by Gasteiger charge is -2.31. The molecule has 3 aromatic rings. The van der Waals surface area contributed by atoms with Crippen LogP contribution in [0.4, 0.5) is 0 Å². The quantitative estimate of drug-likeness (QED) is 0.132. The fourth-order valence-corrected chi connectivity index (χ4v) is 4.17. The van der Waals surface area contributed by atoms with Gasteiger partial charge in [-0.15, -0.1) is 0 Å². The number of para-hydroxylation sites is 1. The lowest BCUT2D eigenvalue weighted by atomic mass is 10.1. The van der Waals surface area contributed by atoms with Crippen LogP contribution in [0.15, 0.2) is 83.3 Å². The first kappa shape index (κ1) is 32.8. The summed E-state index contributed by atoms with van der Waals surface area (Å²) in [6, 6.07) is 19.3. The summed E-state index contributed by atoms with van der Waals surface area (Å²) >= 11 is 0. The third-order valence-electron chi connectivity index (χ3n) is 6.27. The summed E-state index contributed by atoms with van der Waals surface area (Å²) in [6.07, 6.45) is -2.19. The van der Waals surface area contributed by atoms with Gasteiger partial charge >= 0.3 is 11.7 Å². The second-order valence-corrected chi connectivity index (χ2v) is 9.71. The Bertz CT molecular complexity index is 1730. The highest BCUT2D eigenvalue weighted by molar-refractivity contribution is 6.08. The molecule has 1 aliphatic rings. The van der Waals surface area contributed by atoms with Gasteiger partial charge in [-0.2, -0.15) is 5.26 Å². The molecule has 0 aromatic heterocycles. The van der Waals surface area contributed by atoms with Crippen LogP contribution in [0.5, 0.6) is 28.7 Å². The number of aliphatic imine (C=N–C) groups is 1. The molecule has 2 N–H and O–H groups in total. The van der Waals surface area contributed by atoms with Crippen LogP contribution < -0.4 is 24.8 Å². The second kappa shape index (κ2) is 14.6. The predicted molar refractivity (Wildman–Crippen MR) is 162 cm³/mol. The van der Waals surface area contributed by atoms with Crippen LogP contribution in [0.2, 0.25) is 0 Å². The van der Waals surface area contributed by atoms with Crippen LogP contribution in [0.3, 0.4) is 0 Å². The zero-order chi connectivity index (χ0) is 33.4. The summed E-state index contributed by atoms with van der Waals surface area (Å²) in [6.45, 7) is 1.60. The van der Waals surface area contributed by atoms with E-state index in [0.29, 0.717) is 5.75 Å². The highest BCUT2D eigenvalue weighted by Gasteiger charge is 2.41. The van der Waals surface area contributed by atoms with Crippen molar-refractivity contribution >= 4 is 17.6 Å². The van der Waals surface area contributed by atoms with E-state index in [1.54, 1.807) is 51.4 Å². The molecular formula is C31H30N6O9. The number of hydrazine groups is 1. The van der Waals surface area contributed by atoms with Crippen molar-refractivity contribution in [3.05, 3.63) is 99.6 Å².